The van der Waals surface area contributed by atoms with Crippen molar-refractivity contribution in [2.45, 2.75) is 19.4 Å². The lowest BCUT2D eigenvalue weighted by molar-refractivity contribution is -0.140. The average molecular weight is 455 g/mol. The predicted octanol–water partition coefficient (Wildman–Crippen LogP) is 3.79. The fraction of sp³-hybridized carbons (Fsp3) is 0.360. The van der Waals surface area contributed by atoms with Gasteiger partial charge in [-0.15, -0.1) is 0 Å². The average Bonchev–Trinajstić information content (AvgIpc) is 3.05. The van der Waals surface area contributed by atoms with Crippen molar-refractivity contribution in [2.24, 2.45) is 0 Å². The molecule has 2 saturated heterocycles. The molecule has 2 aliphatic heterocycles. The van der Waals surface area contributed by atoms with Crippen LogP contribution in [0.2, 0.25) is 5.02 Å². The highest BCUT2D eigenvalue weighted by atomic mass is 35.5. The van der Waals surface area contributed by atoms with E-state index in [-0.39, 0.29) is 11.3 Å². The fourth-order valence-electron chi connectivity index (χ4n) is 4.26. The first kappa shape index (κ1) is 22.5. The van der Waals surface area contributed by atoms with E-state index in [0.717, 1.165) is 37.2 Å². The second kappa shape index (κ2) is 9.86. The second-order valence-electron chi connectivity index (χ2n) is 8.22. The molecule has 0 aromatic heterocycles. The van der Waals surface area contributed by atoms with Gasteiger partial charge in [-0.25, -0.2) is 0 Å². The van der Waals surface area contributed by atoms with Crippen molar-refractivity contribution in [2.75, 3.05) is 39.4 Å². The molecule has 2 heterocycles. The molecule has 168 valence electrons. The zero-order valence-corrected chi connectivity index (χ0v) is 18.8. The molecule has 1 unspecified atom stereocenters. The molecule has 2 fully saturated rings. The molecule has 32 heavy (non-hydrogen) atoms. The van der Waals surface area contributed by atoms with Crippen LogP contribution in [0.5, 0.6) is 0 Å². The van der Waals surface area contributed by atoms with E-state index in [1.807, 2.05) is 19.1 Å². The van der Waals surface area contributed by atoms with E-state index in [1.54, 1.807) is 41.3 Å². The lowest BCUT2D eigenvalue weighted by atomic mass is 9.95. The maximum absolute atomic E-state index is 13.1. The molecule has 4 rings (SSSR count). The molecule has 0 aliphatic carbocycles. The van der Waals surface area contributed by atoms with Gasteiger partial charge in [0, 0.05) is 36.8 Å². The number of Topliss-reactive ketones (excluding diaryl/α,β-unsaturated/α-hetero) is 1. The zero-order chi connectivity index (χ0) is 22.7. The maximum Gasteiger partial charge on any atom is 0.295 e. The van der Waals surface area contributed by atoms with Crippen molar-refractivity contribution in [3.05, 3.63) is 75.8 Å². The van der Waals surface area contributed by atoms with Gasteiger partial charge in [0.25, 0.3) is 11.7 Å². The third-order valence-electron chi connectivity index (χ3n) is 6.03. The van der Waals surface area contributed by atoms with Crippen LogP contribution < -0.4 is 0 Å². The molecule has 1 amide bonds. The van der Waals surface area contributed by atoms with Gasteiger partial charge in [-0.3, -0.25) is 14.5 Å². The summed E-state index contributed by atoms with van der Waals surface area (Å²) in [6.07, 6.45) is 0.724. The van der Waals surface area contributed by atoms with Crippen LogP contribution in [0.25, 0.3) is 5.76 Å². The summed E-state index contributed by atoms with van der Waals surface area (Å²) < 4.78 is 5.39. The number of carbonyl (C=O) groups excluding carboxylic acids is 2. The van der Waals surface area contributed by atoms with Crippen molar-refractivity contribution in [3.63, 3.8) is 0 Å². The lowest BCUT2D eigenvalue weighted by Gasteiger charge is -2.29. The van der Waals surface area contributed by atoms with Gasteiger partial charge in [-0.05, 0) is 31.0 Å². The van der Waals surface area contributed by atoms with Gasteiger partial charge in [0.15, 0.2) is 0 Å². The molecule has 1 atom stereocenters. The topological polar surface area (TPSA) is 70.1 Å². The Bertz CT molecular complexity index is 1010. The summed E-state index contributed by atoms with van der Waals surface area (Å²) in [6, 6.07) is 13.7. The Morgan fingerprint density at radius 3 is 2.34 bits per heavy atom. The minimum atomic E-state index is -0.658. The Labute approximate surface area is 193 Å². The number of aryl methyl sites for hydroxylation is 1. The Kier molecular flexibility index (Phi) is 6.94. The van der Waals surface area contributed by atoms with Gasteiger partial charge in [-0.2, -0.15) is 0 Å². The molecule has 0 bridgehead atoms. The van der Waals surface area contributed by atoms with Crippen molar-refractivity contribution in [3.8, 4) is 0 Å². The van der Waals surface area contributed by atoms with E-state index in [1.165, 1.54) is 0 Å². The molecule has 1 N–H and O–H groups in total. The predicted molar refractivity (Wildman–Crippen MR) is 124 cm³/mol. The van der Waals surface area contributed by atoms with Crippen LogP contribution in [0.4, 0.5) is 0 Å². The normalized spacial score (nSPS) is 21.3. The van der Waals surface area contributed by atoms with Gasteiger partial charge in [0.1, 0.15) is 5.76 Å². The Morgan fingerprint density at radius 2 is 1.69 bits per heavy atom. The van der Waals surface area contributed by atoms with Gasteiger partial charge in [0.2, 0.25) is 0 Å². The quantitative estimate of drug-likeness (QED) is 0.408. The number of aliphatic hydroxyl groups excluding tert-OH is 1. The van der Waals surface area contributed by atoms with Crippen molar-refractivity contribution >= 4 is 29.1 Å². The maximum atomic E-state index is 13.1. The summed E-state index contributed by atoms with van der Waals surface area (Å²) >= 11 is 6.07. The number of halogens is 1. The summed E-state index contributed by atoms with van der Waals surface area (Å²) in [4.78, 5) is 29.9. The van der Waals surface area contributed by atoms with E-state index in [9.17, 15) is 14.7 Å². The standard InChI is InChI=1S/C25H27ClN2O4/c1-17-3-5-19(6-4-17)23(29)21-22(18-7-9-20(26)10-8-18)28(25(31)24(21)30)12-2-11-27-13-15-32-16-14-27/h3-10,22,29H,2,11-16H2,1H3/b23-21-. The summed E-state index contributed by atoms with van der Waals surface area (Å²) in [5.41, 5.74) is 2.42. The third-order valence-corrected chi connectivity index (χ3v) is 6.28. The highest BCUT2D eigenvalue weighted by molar-refractivity contribution is 6.46. The van der Waals surface area contributed by atoms with Crippen molar-refractivity contribution < 1.29 is 19.4 Å². The van der Waals surface area contributed by atoms with Gasteiger partial charge in [-0.1, -0.05) is 53.6 Å². The van der Waals surface area contributed by atoms with Crippen LogP contribution >= 0.6 is 11.6 Å². The monoisotopic (exact) mass is 454 g/mol. The SMILES string of the molecule is Cc1ccc(/C(O)=C2/C(=O)C(=O)N(CCCN3CCOCC3)C2c2ccc(Cl)cc2)cc1. The van der Waals surface area contributed by atoms with Crippen LogP contribution in [0, 0.1) is 6.92 Å². The first-order chi connectivity index (χ1) is 15.5. The number of ketones is 1. The minimum absolute atomic E-state index is 0.118. The molecular formula is C25H27ClN2O4. The number of ether oxygens (including phenoxy) is 1. The number of aliphatic hydroxyl groups is 1. The number of hydrogen-bond acceptors (Lipinski definition) is 5. The van der Waals surface area contributed by atoms with Crippen molar-refractivity contribution in [1.29, 1.82) is 0 Å². The molecule has 2 aliphatic rings. The molecule has 0 radical (unpaired) electrons. The van der Waals surface area contributed by atoms with Gasteiger partial charge in [0.05, 0.1) is 24.8 Å². The zero-order valence-electron chi connectivity index (χ0n) is 18.1. The summed E-state index contributed by atoms with van der Waals surface area (Å²) in [6.45, 7) is 6.35. The van der Waals surface area contributed by atoms with E-state index in [2.05, 4.69) is 4.90 Å². The highest BCUT2D eigenvalue weighted by Crippen LogP contribution is 2.39. The van der Waals surface area contributed by atoms with Crippen LogP contribution in [-0.2, 0) is 14.3 Å². The molecular weight excluding hydrogens is 428 g/mol. The van der Waals surface area contributed by atoms with Crippen LogP contribution in [0.15, 0.2) is 54.1 Å². The molecule has 6 nitrogen and oxygen atoms in total. The van der Waals surface area contributed by atoms with E-state index >= 15 is 0 Å². The second-order valence-corrected chi connectivity index (χ2v) is 8.65. The first-order valence-corrected chi connectivity index (χ1v) is 11.2. The molecule has 7 heteroatoms. The fourth-order valence-corrected chi connectivity index (χ4v) is 4.38. The van der Waals surface area contributed by atoms with Crippen LogP contribution in [0.1, 0.15) is 29.2 Å². The molecule has 0 saturated carbocycles. The third kappa shape index (κ3) is 4.72. The van der Waals surface area contributed by atoms with E-state index in [0.29, 0.717) is 30.3 Å². The smallest absolute Gasteiger partial charge is 0.295 e. The molecule has 2 aromatic carbocycles. The van der Waals surface area contributed by atoms with Crippen LogP contribution in [-0.4, -0.2) is 66.0 Å². The first-order valence-electron chi connectivity index (χ1n) is 10.9. The summed E-state index contributed by atoms with van der Waals surface area (Å²) in [5.74, 6) is -1.39. The largest absolute Gasteiger partial charge is 0.507 e. The van der Waals surface area contributed by atoms with E-state index < -0.39 is 17.7 Å². The van der Waals surface area contributed by atoms with E-state index in [4.69, 9.17) is 16.3 Å². The van der Waals surface area contributed by atoms with Crippen molar-refractivity contribution in [1.82, 2.24) is 9.80 Å². The Balaban J connectivity index is 1.66. The van der Waals surface area contributed by atoms with Crippen LogP contribution in [0.3, 0.4) is 0 Å². The number of rotatable bonds is 6. The highest BCUT2D eigenvalue weighted by Gasteiger charge is 2.45. The molecule has 2 aromatic rings. The summed E-state index contributed by atoms with van der Waals surface area (Å²) in [7, 11) is 0. The Morgan fingerprint density at radius 1 is 1.03 bits per heavy atom. The number of hydrogen-bond donors (Lipinski definition) is 1. The number of benzene rings is 2. The number of morpholine rings is 1. The lowest BCUT2D eigenvalue weighted by Crippen LogP contribution is -2.38. The Hall–Kier alpha value is -2.67. The van der Waals surface area contributed by atoms with Gasteiger partial charge >= 0.3 is 0 Å². The van der Waals surface area contributed by atoms with Gasteiger partial charge < -0.3 is 14.7 Å². The molecule has 0 spiro atoms. The number of amides is 1. The number of carbonyl (C=O) groups is 2. The minimum Gasteiger partial charge on any atom is -0.507 e. The summed E-state index contributed by atoms with van der Waals surface area (Å²) in [5, 5.41) is 11.6. The number of nitrogens with zero attached hydrogens (tertiary/aromatic N) is 2. The number of likely N-dealkylation sites (tertiary alicyclic amines) is 1.